The van der Waals surface area contributed by atoms with Crippen LogP contribution in [0.5, 0.6) is 0 Å². The highest BCUT2D eigenvalue weighted by atomic mass is 16.7. The Hall–Kier alpha value is -4.39. The first-order chi connectivity index (χ1) is 19.6. The molecule has 0 amide bonds. The van der Waals surface area contributed by atoms with E-state index in [-0.39, 0.29) is 12.8 Å². The molecule has 0 N–H and O–H groups in total. The molecule has 0 fully saturated rings. The van der Waals surface area contributed by atoms with E-state index in [1.54, 1.807) is 24.3 Å². The lowest BCUT2D eigenvalue weighted by molar-refractivity contribution is -0.136. The van der Waals surface area contributed by atoms with Gasteiger partial charge in [-0.05, 0) is 77.7 Å². The van der Waals surface area contributed by atoms with Gasteiger partial charge in [0.25, 0.3) is 0 Å². The first-order valence-electron chi connectivity index (χ1n) is 13.6. The van der Waals surface area contributed by atoms with Crippen LogP contribution in [0.3, 0.4) is 0 Å². The Morgan fingerprint density at radius 1 is 0.619 bits per heavy atom. The number of hydrogen-bond donors (Lipinski definition) is 0. The van der Waals surface area contributed by atoms with E-state index in [4.69, 9.17) is 18.9 Å². The van der Waals surface area contributed by atoms with Crippen LogP contribution in [0.4, 0.5) is 4.79 Å². The standard InChI is InChI=1S/C35H42O7/c1-11-31(36)41-29-15-13-27(21-34(29,17-23(3)4)18-24(5)6)39-33(38)40-28-14-16-30(42-32(37)12-2)35(22-28,19-25(7)8)20-26(9)10/h11-16H,1-3,5,7,9,17-22H2,4,6,8,10H3. The summed E-state index contributed by atoms with van der Waals surface area (Å²) in [6, 6.07) is 0. The Balaban J connectivity index is 2.37. The van der Waals surface area contributed by atoms with Gasteiger partial charge in [-0.3, -0.25) is 0 Å². The number of allylic oxidation sites excluding steroid dienone is 12. The van der Waals surface area contributed by atoms with Crippen molar-refractivity contribution in [3.63, 3.8) is 0 Å². The van der Waals surface area contributed by atoms with E-state index in [0.717, 1.165) is 34.4 Å². The number of ether oxygens (including phenoxy) is 4. The number of esters is 2. The van der Waals surface area contributed by atoms with E-state index in [1.807, 2.05) is 27.7 Å². The smallest absolute Gasteiger partial charge is 0.427 e. The van der Waals surface area contributed by atoms with Crippen LogP contribution in [0, 0.1) is 10.8 Å². The molecule has 42 heavy (non-hydrogen) atoms. The summed E-state index contributed by atoms with van der Waals surface area (Å²) in [5.74, 6) is 0.340. The maximum atomic E-state index is 13.1. The summed E-state index contributed by atoms with van der Waals surface area (Å²) in [5.41, 5.74) is 1.96. The van der Waals surface area contributed by atoms with E-state index < -0.39 is 28.9 Å². The van der Waals surface area contributed by atoms with Gasteiger partial charge >= 0.3 is 18.1 Å². The van der Waals surface area contributed by atoms with E-state index in [1.165, 1.54) is 0 Å². The normalized spacial score (nSPS) is 16.7. The van der Waals surface area contributed by atoms with E-state index >= 15 is 0 Å². The maximum Gasteiger partial charge on any atom is 0.518 e. The molecule has 0 saturated carbocycles. The van der Waals surface area contributed by atoms with Gasteiger partial charge in [0.2, 0.25) is 0 Å². The summed E-state index contributed by atoms with van der Waals surface area (Å²) in [4.78, 5) is 37.3. The minimum Gasteiger partial charge on any atom is -0.427 e. The Bertz CT molecular complexity index is 1200. The zero-order valence-corrected chi connectivity index (χ0v) is 25.3. The molecule has 0 aromatic heterocycles. The fourth-order valence-corrected chi connectivity index (χ4v) is 5.64. The maximum absolute atomic E-state index is 13.1. The second-order valence-corrected chi connectivity index (χ2v) is 11.5. The van der Waals surface area contributed by atoms with Crippen molar-refractivity contribution in [3.8, 4) is 0 Å². The molecular formula is C35H42O7. The number of carbonyl (C=O) groups is 3. The average molecular weight is 575 g/mol. The molecule has 0 bridgehead atoms. The third-order valence-electron chi connectivity index (χ3n) is 6.66. The van der Waals surface area contributed by atoms with E-state index in [2.05, 4.69) is 39.5 Å². The number of rotatable bonds is 14. The minimum atomic E-state index is -0.925. The fourth-order valence-electron chi connectivity index (χ4n) is 5.64. The second kappa shape index (κ2) is 14.5. The second-order valence-electron chi connectivity index (χ2n) is 11.5. The Kier molecular flexibility index (Phi) is 11.7. The SMILES string of the molecule is C=CC(=O)OC1=CC=C(OC(=O)OC2=CC=C(OC(=O)C=C)C(CC(=C)C)(CC(=C)C)C2)CC1(CC(=C)C)CC(=C)C. The molecule has 0 spiro atoms. The molecule has 0 aromatic rings. The van der Waals surface area contributed by atoms with Gasteiger partial charge in [0.05, 0.1) is 0 Å². The van der Waals surface area contributed by atoms with Crippen molar-refractivity contribution in [3.05, 3.63) is 121 Å². The molecule has 224 valence electrons. The predicted molar refractivity (Wildman–Crippen MR) is 164 cm³/mol. The Labute approximate surface area is 249 Å². The van der Waals surface area contributed by atoms with Gasteiger partial charge in [-0.15, -0.1) is 26.3 Å². The summed E-state index contributed by atoms with van der Waals surface area (Å²) in [6.45, 7) is 30.7. The van der Waals surface area contributed by atoms with Crippen molar-refractivity contribution < 1.29 is 33.3 Å². The molecule has 0 aromatic carbocycles. The highest BCUT2D eigenvalue weighted by Crippen LogP contribution is 2.49. The Morgan fingerprint density at radius 2 is 0.929 bits per heavy atom. The van der Waals surface area contributed by atoms with E-state index in [0.29, 0.717) is 48.7 Å². The van der Waals surface area contributed by atoms with Gasteiger partial charge in [-0.1, -0.05) is 35.5 Å². The van der Waals surface area contributed by atoms with Crippen molar-refractivity contribution in [2.24, 2.45) is 10.8 Å². The lowest BCUT2D eigenvalue weighted by Crippen LogP contribution is -2.31. The third-order valence-corrected chi connectivity index (χ3v) is 6.66. The minimum absolute atomic E-state index is 0.244. The average Bonchev–Trinajstić information content (AvgIpc) is 2.85. The van der Waals surface area contributed by atoms with E-state index in [9.17, 15) is 14.4 Å². The molecule has 0 atom stereocenters. The fraction of sp³-hybridized carbons (Fsp3) is 0.343. The van der Waals surface area contributed by atoms with Gasteiger partial charge in [-0.2, -0.15) is 0 Å². The van der Waals surface area contributed by atoms with Crippen molar-refractivity contribution in [1.29, 1.82) is 0 Å². The van der Waals surface area contributed by atoms with Gasteiger partial charge in [0.15, 0.2) is 0 Å². The lowest BCUT2D eigenvalue weighted by atomic mass is 9.70. The van der Waals surface area contributed by atoms with Gasteiger partial charge in [0.1, 0.15) is 23.0 Å². The van der Waals surface area contributed by atoms with Gasteiger partial charge in [-0.25, -0.2) is 14.4 Å². The first-order valence-corrected chi connectivity index (χ1v) is 13.6. The Morgan fingerprint density at radius 3 is 1.19 bits per heavy atom. The largest absolute Gasteiger partial charge is 0.518 e. The molecule has 0 unspecified atom stereocenters. The number of carbonyl (C=O) groups excluding carboxylic acids is 3. The van der Waals surface area contributed by atoms with Crippen LogP contribution >= 0.6 is 0 Å². The van der Waals surface area contributed by atoms with Crippen LogP contribution in [-0.2, 0) is 28.5 Å². The molecule has 0 aliphatic heterocycles. The molecule has 7 nitrogen and oxygen atoms in total. The summed E-state index contributed by atoms with van der Waals surface area (Å²) in [5, 5.41) is 0. The molecule has 0 heterocycles. The highest BCUT2D eigenvalue weighted by molar-refractivity contribution is 5.82. The van der Waals surface area contributed by atoms with Crippen LogP contribution in [0.25, 0.3) is 0 Å². The lowest BCUT2D eigenvalue weighted by Gasteiger charge is -2.38. The molecule has 0 radical (unpaired) electrons. The van der Waals surface area contributed by atoms with Crippen molar-refractivity contribution >= 4 is 18.1 Å². The first kappa shape index (κ1) is 33.8. The summed E-state index contributed by atoms with van der Waals surface area (Å²) < 4.78 is 22.5. The molecule has 2 aliphatic rings. The quantitative estimate of drug-likeness (QED) is 0.0886. The van der Waals surface area contributed by atoms with Crippen LogP contribution in [0.2, 0.25) is 0 Å². The van der Waals surface area contributed by atoms with Crippen LogP contribution < -0.4 is 0 Å². The highest BCUT2D eigenvalue weighted by Gasteiger charge is 2.42. The topological polar surface area (TPSA) is 88.1 Å². The molecule has 2 rings (SSSR count). The summed E-state index contributed by atoms with van der Waals surface area (Å²) in [7, 11) is 0. The van der Waals surface area contributed by atoms with Gasteiger partial charge in [0, 0.05) is 35.8 Å². The van der Waals surface area contributed by atoms with Crippen LogP contribution in [-0.4, -0.2) is 18.1 Å². The molecular weight excluding hydrogens is 532 g/mol. The van der Waals surface area contributed by atoms with Crippen LogP contribution in [0.15, 0.2) is 121 Å². The summed E-state index contributed by atoms with van der Waals surface area (Å²) in [6.07, 6.45) is 10.0. The van der Waals surface area contributed by atoms with Crippen molar-refractivity contribution in [1.82, 2.24) is 0 Å². The molecule has 7 heteroatoms. The zero-order chi connectivity index (χ0) is 31.7. The number of hydrogen-bond acceptors (Lipinski definition) is 7. The third kappa shape index (κ3) is 9.33. The molecule has 2 aliphatic carbocycles. The molecule has 0 saturated heterocycles. The van der Waals surface area contributed by atoms with Crippen molar-refractivity contribution in [2.45, 2.75) is 66.2 Å². The zero-order valence-electron chi connectivity index (χ0n) is 25.3. The predicted octanol–water partition coefficient (Wildman–Crippen LogP) is 8.78. The monoisotopic (exact) mass is 574 g/mol. The van der Waals surface area contributed by atoms with Gasteiger partial charge < -0.3 is 18.9 Å². The summed E-state index contributed by atoms with van der Waals surface area (Å²) >= 11 is 0. The van der Waals surface area contributed by atoms with Crippen LogP contribution in [0.1, 0.15) is 66.2 Å². The van der Waals surface area contributed by atoms with Crippen molar-refractivity contribution in [2.75, 3.05) is 0 Å².